The van der Waals surface area contributed by atoms with Crippen LogP contribution in [0.5, 0.6) is 0 Å². The number of benzene rings is 1. The van der Waals surface area contributed by atoms with Crippen LogP contribution in [0.1, 0.15) is 32.4 Å². The van der Waals surface area contributed by atoms with Crippen LogP contribution in [0.3, 0.4) is 0 Å². The van der Waals surface area contributed by atoms with Crippen molar-refractivity contribution in [1.82, 2.24) is 5.32 Å². The van der Waals surface area contributed by atoms with Crippen LogP contribution >= 0.6 is 0 Å². The highest BCUT2D eigenvalue weighted by Gasteiger charge is 2.20. The van der Waals surface area contributed by atoms with Gasteiger partial charge in [0.2, 0.25) is 0 Å². The van der Waals surface area contributed by atoms with Gasteiger partial charge in [-0.2, -0.15) is 0 Å². The van der Waals surface area contributed by atoms with Crippen LogP contribution in [0.2, 0.25) is 0 Å². The Labute approximate surface area is 109 Å². The fourth-order valence-corrected chi connectivity index (χ4v) is 1.34. The minimum Gasteiger partial charge on any atom is -0.444 e. The summed E-state index contributed by atoms with van der Waals surface area (Å²) in [5, 5.41) is 2.27. The number of aldehydes is 1. The van der Waals surface area contributed by atoms with Gasteiger partial charge in [0.1, 0.15) is 17.9 Å². The minimum atomic E-state index is -1.09. The molecule has 0 fully saturated rings. The molecule has 0 aliphatic rings. The molecule has 1 amide bonds. The second kappa shape index (κ2) is 5.77. The molecule has 0 aromatic heterocycles. The molecule has 6 heteroatoms. The van der Waals surface area contributed by atoms with Crippen molar-refractivity contribution in [2.75, 3.05) is 0 Å². The van der Waals surface area contributed by atoms with E-state index in [1.165, 1.54) is 6.07 Å². The average Bonchev–Trinajstić information content (AvgIpc) is 2.27. The van der Waals surface area contributed by atoms with Crippen molar-refractivity contribution < 1.29 is 23.1 Å². The zero-order valence-corrected chi connectivity index (χ0v) is 10.9. The Bertz CT molecular complexity index is 483. The summed E-state index contributed by atoms with van der Waals surface area (Å²) in [5.74, 6) is -2.11. The van der Waals surface area contributed by atoms with Gasteiger partial charge in [0.05, 0.1) is 0 Å². The third-order valence-corrected chi connectivity index (χ3v) is 2.11. The van der Waals surface area contributed by atoms with E-state index in [1.807, 2.05) is 0 Å². The molecule has 1 N–H and O–H groups in total. The summed E-state index contributed by atoms with van der Waals surface area (Å²) in [6.07, 6.45) is -0.398. The molecule has 4 nitrogen and oxygen atoms in total. The number of ether oxygens (including phenoxy) is 1. The van der Waals surface area contributed by atoms with Crippen LogP contribution in [0, 0.1) is 11.6 Å². The molecule has 0 radical (unpaired) electrons. The van der Waals surface area contributed by atoms with E-state index >= 15 is 0 Å². The van der Waals surface area contributed by atoms with E-state index in [0.29, 0.717) is 6.29 Å². The highest BCUT2D eigenvalue weighted by Crippen LogP contribution is 2.16. The van der Waals surface area contributed by atoms with Gasteiger partial charge in [-0.05, 0) is 38.5 Å². The van der Waals surface area contributed by atoms with E-state index in [4.69, 9.17) is 4.74 Å². The Balaban J connectivity index is 2.81. The fraction of sp³-hybridized carbons (Fsp3) is 0.385. The Morgan fingerprint density at radius 1 is 1.32 bits per heavy atom. The SMILES string of the molecule is CC(C)(C)OC(=O)NC(C=O)c1ccc(F)c(F)c1. The van der Waals surface area contributed by atoms with E-state index in [9.17, 15) is 18.4 Å². The van der Waals surface area contributed by atoms with Gasteiger partial charge in [-0.1, -0.05) is 6.07 Å². The van der Waals surface area contributed by atoms with Gasteiger partial charge in [0.15, 0.2) is 11.6 Å². The van der Waals surface area contributed by atoms with E-state index < -0.39 is 29.4 Å². The van der Waals surface area contributed by atoms with E-state index in [2.05, 4.69) is 5.32 Å². The summed E-state index contributed by atoms with van der Waals surface area (Å²) in [6, 6.07) is 1.86. The lowest BCUT2D eigenvalue weighted by Gasteiger charge is -2.21. The van der Waals surface area contributed by atoms with E-state index in [-0.39, 0.29) is 5.56 Å². The fourth-order valence-electron chi connectivity index (χ4n) is 1.34. The van der Waals surface area contributed by atoms with Crippen molar-refractivity contribution in [3.63, 3.8) is 0 Å². The number of halogens is 2. The maximum atomic E-state index is 13.0. The number of rotatable bonds is 3. The average molecular weight is 271 g/mol. The predicted molar refractivity (Wildman–Crippen MR) is 64.5 cm³/mol. The second-order valence-corrected chi connectivity index (χ2v) is 4.93. The number of hydrogen-bond donors (Lipinski definition) is 1. The van der Waals surface area contributed by atoms with Crippen molar-refractivity contribution in [3.8, 4) is 0 Å². The topological polar surface area (TPSA) is 55.4 Å². The molecule has 104 valence electrons. The summed E-state index contributed by atoms with van der Waals surface area (Å²) in [4.78, 5) is 22.4. The number of carbonyl (C=O) groups excluding carboxylic acids is 2. The molecule has 0 spiro atoms. The van der Waals surface area contributed by atoms with Crippen LogP contribution in [-0.4, -0.2) is 18.0 Å². The van der Waals surface area contributed by atoms with Gasteiger partial charge < -0.3 is 14.8 Å². The van der Waals surface area contributed by atoms with Gasteiger partial charge in [-0.3, -0.25) is 0 Å². The Kier molecular flexibility index (Phi) is 4.58. The number of alkyl carbamates (subject to hydrolysis) is 1. The van der Waals surface area contributed by atoms with Gasteiger partial charge in [-0.15, -0.1) is 0 Å². The first-order chi connectivity index (χ1) is 8.73. The largest absolute Gasteiger partial charge is 0.444 e. The summed E-state index contributed by atoms with van der Waals surface area (Å²) in [6.45, 7) is 5.00. The van der Waals surface area contributed by atoms with Gasteiger partial charge in [-0.25, -0.2) is 13.6 Å². The Morgan fingerprint density at radius 2 is 1.95 bits per heavy atom. The molecule has 1 aromatic rings. The van der Waals surface area contributed by atoms with Crippen LogP contribution in [0.15, 0.2) is 18.2 Å². The molecule has 0 aliphatic carbocycles. The lowest BCUT2D eigenvalue weighted by Crippen LogP contribution is -2.35. The van der Waals surface area contributed by atoms with Crippen LogP contribution < -0.4 is 5.32 Å². The monoisotopic (exact) mass is 271 g/mol. The first-order valence-electron chi connectivity index (χ1n) is 5.62. The summed E-state index contributed by atoms with van der Waals surface area (Å²) in [7, 11) is 0. The maximum absolute atomic E-state index is 13.0. The van der Waals surface area contributed by atoms with Crippen molar-refractivity contribution in [2.24, 2.45) is 0 Å². The molecule has 0 bridgehead atoms. The van der Waals surface area contributed by atoms with E-state index in [1.54, 1.807) is 20.8 Å². The zero-order chi connectivity index (χ0) is 14.6. The molecule has 1 rings (SSSR count). The Hall–Kier alpha value is -1.98. The van der Waals surface area contributed by atoms with Crippen LogP contribution in [0.25, 0.3) is 0 Å². The molecule has 0 heterocycles. The summed E-state index contributed by atoms with van der Waals surface area (Å²) in [5.41, 5.74) is -0.578. The van der Waals surface area contributed by atoms with Crippen LogP contribution in [0.4, 0.5) is 13.6 Å². The molecule has 0 saturated carbocycles. The predicted octanol–water partition coefficient (Wildman–Crippen LogP) is 2.73. The lowest BCUT2D eigenvalue weighted by molar-refractivity contribution is -0.109. The molecule has 1 aromatic carbocycles. The molecule has 1 atom stereocenters. The summed E-state index contributed by atoms with van der Waals surface area (Å²) >= 11 is 0. The molecule has 19 heavy (non-hydrogen) atoms. The number of carbonyl (C=O) groups is 2. The normalized spacial score (nSPS) is 12.7. The number of nitrogens with one attached hydrogen (secondary N) is 1. The number of amides is 1. The molecular weight excluding hydrogens is 256 g/mol. The zero-order valence-electron chi connectivity index (χ0n) is 10.9. The van der Waals surface area contributed by atoms with Crippen molar-refractivity contribution >= 4 is 12.4 Å². The van der Waals surface area contributed by atoms with Crippen molar-refractivity contribution in [1.29, 1.82) is 0 Å². The molecular formula is C13H15F2NO3. The first kappa shape index (κ1) is 15.1. The molecule has 1 unspecified atom stereocenters. The van der Waals surface area contributed by atoms with Gasteiger partial charge in [0.25, 0.3) is 0 Å². The van der Waals surface area contributed by atoms with Crippen molar-refractivity contribution in [2.45, 2.75) is 32.4 Å². The Morgan fingerprint density at radius 3 is 2.42 bits per heavy atom. The summed E-state index contributed by atoms with van der Waals surface area (Å²) < 4.78 is 30.8. The first-order valence-corrected chi connectivity index (χ1v) is 5.62. The third-order valence-electron chi connectivity index (χ3n) is 2.11. The lowest BCUT2D eigenvalue weighted by atomic mass is 10.1. The molecule has 0 aliphatic heterocycles. The number of hydrogen-bond acceptors (Lipinski definition) is 3. The highest BCUT2D eigenvalue weighted by molar-refractivity contribution is 5.74. The molecule has 0 saturated heterocycles. The van der Waals surface area contributed by atoms with Gasteiger partial charge in [0, 0.05) is 0 Å². The van der Waals surface area contributed by atoms with Gasteiger partial charge >= 0.3 is 6.09 Å². The third kappa shape index (κ3) is 4.65. The maximum Gasteiger partial charge on any atom is 0.408 e. The highest BCUT2D eigenvalue weighted by atomic mass is 19.2. The van der Waals surface area contributed by atoms with Crippen LogP contribution in [-0.2, 0) is 9.53 Å². The van der Waals surface area contributed by atoms with E-state index in [0.717, 1.165) is 12.1 Å². The standard InChI is InChI=1S/C13H15F2NO3/c1-13(2,3)19-12(18)16-11(7-17)8-4-5-9(14)10(15)6-8/h4-7,11H,1-3H3,(H,16,18). The smallest absolute Gasteiger partial charge is 0.408 e. The van der Waals surface area contributed by atoms with Crippen molar-refractivity contribution in [3.05, 3.63) is 35.4 Å². The quantitative estimate of drug-likeness (QED) is 0.860. The minimum absolute atomic E-state index is 0.139. The second-order valence-electron chi connectivity index (χ2n) is 4.93.